The summed E-state index contributed by atoms with van der Waals surface area (Å²) < 4.78 is 0. The van der Waals surface area contributed by atoms with Gasteiger partial charge in [-0.15, -0.1) is 0 Å². The molecule has 0 saturated heterocycles. The minimum Gasteiger partial charge on any atom is -0.481 e. The molecule has 0 aliphatic heterocycles. The van der Waals surface area contributed by atoms with Crippen LogP contribution in [0, 0.1) is 17.3 Å². The van der Waals surface area contributed by atoms with Crippen LogP contribution in [-0.2, 0) is 9.59 Å². The van der Waals surface area contributed by atoms with Crippen molar-refractivity contribution in [3.63, 3.8) is 0 Å². The largest absolute Gasteiger partial charge is 0.481 e. The van der Waals surface area contributed by atoms with Crippen LogP contribution in [0.1, 0.15) is 104 Å². The van der Waals surface area contributed by atoms with Gasteiger partial charge in [-0.1, -0.05) is 71.6 Å². The van der Waals surface area contributed by atoms with Crippen molar-refractivity contribution in [2.24, 2.45) is 17.3 Å². The first kappa shape index (κ1) is 22.0. The average Bonchev–Trinajstić information content (AvgIpc) is 2.59. The highest BCUT2D eigenvalue weighted by atomic mass is 16.4. The van der Waals surface area contributed by atoms with Crippen molar-refractivity contribution in [2.45, 2.75) is 104 Å². The molecule has 146 valence electrons. The van der Waals surface area contributed by atoms with Gasteiger partial charge < -0.3 is 10.2 Å². The van der Waals surface area contributed by atoms with Crippen LogP contribution in [-0.4, -0.2) is 22.2 Å². The van der Waals surface area contributed by atoms with Gasteiger partial charge in [-0.05, 0) is 38.0 Å². The van der Waals surface area contributed by atoms with Gasteiger partial charge in [0.15, 0.2) is 0 Å². The lowest BCUT2D eigenvalue weighted by atomic mass is 9.60. The quantitative estimate of drug-likeness (QED) is 0.404. The lowest BCUT2D eigenvalue weighted by Crippen LogP contribution is -2.44. The van der Waals surface area contributed by atoms with Crippen molar-refractivity contribution < 1.29 is 19.8 Å². The molecule has 0 bridgehead atoms. The minimum absolute atomic E-state index is 0.00871. The topological polar surface area (TPSA) is 74.6 Å². The monoisotopic (exact) mass is 354 g/mol. The molecular formula is C21H38O4. The highest BCUT2D eigenvalue weighted by Crippen LogP contribution is 2.48. The third-order valence-electron chi connectivity index (χ3n) is 6.35. The molecular weight excluding hydrogens is 316 g/mol. The number of aliphatic carboxylic acids is 2. The molecule has 4 nitrogen and oxygen atoms in total. The Labute approximate surface area is 153 Å². The summed E-state index contributed by atoms with van der Waals surface area (Å²) in [6, 6.07) is 0. The highest BCUT2D eigenvalue weighted by molar-refractivity contribution is 5.76. The van der Waals surface area contributed by atoms with E-state index in [0.29, 0.717) is 25.7 Å². The second-order valence-electron chi connectivity index (χ2n) is 7.94. The molecule has 0 heterocycles. The second kappa shape index (κ2) is 11.5. The van der Waals surface area contributed by atoms with E-state index in [1.807, 2.05) is 6.92 Å². The van der Waals surface area contributed by atoms with Crippen LogP contribution in [0.4, 0.5) is 0 Å². The summed E-state index contributed by atoms with van der Waals surface area (Å²) in [6.07, 6.45) is 14.3. The Morgan fingerprint density at radius 1 is 0.920 bits per heavy atom. The summed E-state index contributed by atoms with van der Waals surface area (Å²) in [4.78, 5) is 23.3. The zero-order valence-electron chi connectivity index (χ0n) is 16.3. The zero-order valence-corrected chi connectivity index (χ0v) is 16.3. The molecule has 1 fully saturated rings. The average molecular weight is 355 g/mol. The van der Waals surface area contributed by atoms with Crippen molar-refractivity contribution in [3.8, 4) is 0 Å². The minimum atomic E-state index is -0.757. The molecule has 1 aliphatic rings. The Morgan fingerprint density at radius 3 is 1.96 bits per heavy atom. The number of unbranched alkanes of at least 4 members (excludes halogenated alkanes) is 8. The number of carboxylic acid groups (broad SMARTS) is 2. The fourth-order valence-corrected chi connectivity index (χ4v) is 4.54. The van der Waals surface area contributed by atoms with Crippen LogP contribution < -0.4 is 0 Å². The van der Waals surface area contributed by atoms with E-state index >= 15 is 0 Å². The van der Waals surface area contributed by atoms with Crippen LogP contribution in [0.25, 0.3) is 0 Å². The molecule has 0 amide bonds. The number of carboxylic acids is 2. The van der Waals surface area contributed by atoms with E-state index in [9.17, 15) is 19.8 Å². The Balaban J connectivity index is 2.40. The predicted octanol–water partition coefficient (Wildman–Crippen LogP) is 5.89. The molecule has 0 aromatic heterocycles. The van der Waals surface area contributed by atoms with Crippen LogP contribution >= 0.6 is 0 Å². The second-order valence-corrected chi connectivity index (χ2v) is 7.94. The van der Waals surface area contributed by atoms with Crippen molar-refractivity contribution in [1.82, 2.24) is 0 Å². The molecule has 4 heteroatoms. The fraction of sp³-hybridized carbons (Fsp3) is 0.905. The molecule has 1 saturated carbocycles. The van der Waals surface area contributed by atoms with Crippen molar-refractivity contribution >= 4 is 11.9 Å². The van der Waals surface area contributed by atoms with E-state index in [-0.39, 0.29) is 11.8 Å². The summed E-state index contributed by atoms with van der Waals surface area (Å²) in [7, 11) is 0. The molecule has 1 rings (SSSR count). The lowest BCUT2D eigenvalue weighted by molar-refractivity contribution is -0.161. The van der Waals surface area contributed by atoms with Crippen LogP contribution in [0.5, 0.6) is 0 Å². The standard InChI is InChI=1S/C21H38O4/c1-3-5-6-7-8-9-10-11-12-13-18-16-17(19(22)23)14-15-21(18,4-2)20(24)25/h17-18H,3-16H2,1-2H3,(H,22,23)(H,24,25). The van der Waals surface area contributed by atoms with E-state index in [1.54, 1.807) is 0 Å². The van der Waals surface area contributed by atoms with E-state index in [2.05, 4.69) is 6.92 Å². The summed E-state index contributed by atoms with van der Waals surface area (Å²) in [5, 5.41) is 19.1. The smallest absolute Gasteiger partial charge is 0.309 e. The normalized spacial score (nSPS) is 26.5. The molecule has 0 aromatic rings. The summed E-state index contributed by atoms with van der Waals surface area (Å²) in [6.45, 7) is 4.17. The van der Waals surface area contributed by atoms with Gasteiger partial charge in [0.05, 0.1) is 11.3 Å². The third-order valence-corrected chi connectivity index (χ3v) is 6.35. The Kier molecular flexibility index (Phi) is 10.1. The number of hydrogen-bond acceptors (Lipinski definition) is 2. The SMILES string of the molecule is CCCCCCCCCCCC1CC(C(=O)O)CCC1(CC)C(=O)O. The molecule has 0 spiro atoms. The maximum Gasteiger partial charge on any atom is 0.309 e. The van der Waals surface area contributed by atoms with Gasteiger partial charge in [0.1, 0.15) is 0 Å². The zero-order chi connectivity index (χ0) is 18.7. The van der Waals surface area contributed by atoms with Crippen molar-refractivity contribution in [2.75, 3.05) is 0 Å². The van der Waals surface area contributed by atoms with E-state index in [1.165, 1.54) is 44.9 Å². The van der Waals surface area contributed by atoms with Gasteiger partial charge >= 0.3 is 11.9 Å². The highest BCUT2D eigenvalue weighted by Gasteiger charge is 2.48. The van der Waals surface area contributed by atoms with Crippen LogP contribution in [0.3, 0.4) is 0 Å². The molecule has 25 heavy (non-hydrogen) atoms. The maximum absolute atomic E-state index is 11.9. The number of rotatable bonds is 13. The molecule has 0 radical (unpaired) electrons. The first-order chi connectivity index (χ1) is 12.0. The summed E-state index contributed by atoms with van der Waals surface area (Å²) in [5.74, 6) is -1.83. The van der Waals surface area contributed by atoms with Crippen molar-refractivity contribution in [3.05, 3.63) is 0 Å². The first-order valence-corrected chi connectivity index (χ1v) is 10.4. The molecule has 2 N–H and O–H groups in total. The number of hydrogen-bond donors (Lipinski definition) is 2. The van der Waals surface area contributed by atoms with Gasteiger partial charge in [-0.25, -0.2) is 0 Å². The lowest BCUT2D eigenvalue weighted by Gasteiger charge is -2.42. The van der Waals surface area contributed by atoms with Gasteiger partial charge in [0, 0.05) is 0 Å². The van der Waals surface area contributed by atoms with Gasteiger partial charge in [-0.2, -0.15) is 0 Å². The predicted molar refractivity (Wildman–Crippen MR) is 101 cm³/mol. The molecule has 3 unspecified atom stereocenters. The maximum atomic E-state index is 11.9. The molecule has 3 atom stereocenters. The summed E-state index contributed by atoms with van der Waals surface area (Å²) >= 11 is 0. The van der Waals surface area contributed by atoms with Gasteiger partial charge in [0.2, 0.25) is 0 Å². The van der Waals surface area contributed by atoms with Gasteiger partial charge in [0.25, 0.3) is 0 Å². The summed E-state index contributed by atoms with van der Waals surface area (Å²) in [5.41, 5.74) is -0.702. The third kappa shape index (κ3) is 6.63. The van der Waals surface area contributed by atoms with E-state index in [4.69, 9.17) is 0 Å². The van der Waals surface area contributed by atoms with Crippen molar-refractivity contribution in [1.29, 1.82) is 0 Å². The van der Waals surface area contributed by atoms with E-state index < -0.39 is 17.4 Å². The number of carbonyl (C=O) groups is 2. The fourth-order valence-electron chi connectivity index (χ4n) is 4.54. The molecule has 1 aliphatic carbocycles. The Bertz CT molecular complexity index is 407. The van der Waals surface area contributed by atoms with E-state index in [0.717, 1.165) is 19.3 Å². The Morgan fingerprint density at radius 2 is 1.48 bits per heavy atom. The molecule has 0 aromatic carbocycles. The Hall–Kier alpha value is -1.06. The van der Waals surface area contributed by atoms with Crippen LogP contribution in [0.2, 0.25) is 0 Å². The first-order valence-electron chi connectivity index (χ1n) is 10.4. The van der Waals surface area contributed by atoms with Gasteiger partial charge in [-0.3, -0.25) is 9.59 Å². The van der Waals surface area contributed by atoms with Crippen LogP contribution in [0.15, 0.2) is 0 Å².